The maximum absolute atomic E-state index is 13.8. The van der Waals surface area contributed by atoms with Crippen molar-refractivity contribution in [3.05, 3.63) is 54.0 Å². The van der Waals surface area contributed by atoms with Crippen molar-refractivity contribution in [1.29, 1.82) is 0 Å². The minimum Gasteiger partial charge on any atom is -0.392 e. The van der Waals surface area contributed by atoms with Gasteiger partial charge in [-0.05, 0) is 41.6 Å². The summed E-state index contributed by atoms with van der Waals surface area (Å²) in [7, 11) is 0. The van der Waals surface area contributed by atoms with E-state index in [-0.39, 0.29) is 12.4 Å². The fraction of sp³-hybridized carbons (Fsp3) is 0.0769. The Balaban J connectivity index is 1.97. The van der Waals surface area contributed by atoms with E-state index in [1.54, 1.807) is 16.5 Å². The molecule has 3 aromatic rings. The van der Waals surface area contributed by atoms with E-state index >= 15 is 0 Å². The number of aliphatic hydroxyl groups is 1. The Morgan fingerprint density at radius 3 is 2.89 bits per heavy atom. The van der Waals surface area contributed by atoms with Gasteiger partial charge in [-0.2, -0.15) is 0 Å². The van der Waals surface area contributed by atoms with Gasteiger partial charge in [-0.1, -0.05) is 12.1 Å². The molecule has 0 radical (unpaired) electrons. The van der Waals surface area contributed by atoms with Gasteiger partial charge in [0.25, 0.3) is 0 Å². The lowest BCUT2D eigenvalue weighted by Gasteiger charge is -2.03. The van der Waals surface area contributed by atoms with Crippen molar-refractivity contribution in [2.75, 3.05) is 0 Å². The summed E-state index contributed by atoms with van der Waals surface area (Å²) < 4.78 is 15.6. The first-order valence-corrected chi connectivity index (χ1v) is 6.46. The second-order valence-electron chi connectivity index (χ2n) is 3.94. The number of halogens is 1. The first-order chi connectivity index (χ1) is 9.28. The minimum absolute atomic E-state index is 0.171. The third kappa shape index (κ3) is 2.32. The summed E-state index contributed by atoms with van der Waals surface area (Å²) in [5.74, 6) is -0.371. The molecule has 1 N–H and O–H groups in total. The molecule has 0 aliphatic rings. The molecule has 0 aliphatic carbocycles. The predicted molar refractivity (Wildman–Crippen MR) is 69.4 cm³/mol. The number of aromatic nitrogens is 3. The number of rotatable bonds is 3. The van der Waals surface area contributed by atoms with E-state index in [1.165, 1.54) is 17.8 Å². The lowest BCUT2D eigenvalue weighted by atomic mass is 10.2. The van der Waals surface area contributed by atoms with Crippen molar-refractivity contribution >= 4 is 17.4 Å². The number of pyridine rings is 1. The average molecular weight is 275 g/mol. The van der Waals surface area contributed by atoms with Crippen molar-refractivity contribution in [2.45, 2.75) is 16.7 Å². The smallest absolute Gasteiger partial charge is 0.200 e. The predicted octanol–water partition coefficient (Wildman–Crippen LogP) is 2.51. The van der Waals surface area contributed by atoms with Crippen LogP contribution in [0.25, 0.3) is 5.65 Å². The molecule has 0 aliphatic heterocycles. The normalized spacial score (nSPS) is 11.1. The Morgan fingerprint density at radius 1 is 1.21 bits per heavy atom. The highest BCUT2D eigenvalue weighted by atomic mass is 32.2. The van der Waals surface area contributed by atoms with Gasteiger partial charge in [-0.25, -0.2) is 4.39 Å². The summed E-state index contributed by atoms with van der Waals surface area (Å²) in [4.78, 5) is 0.454. The summed E-state index contributed by atoms with van der Waals surface area (Å²) in [6.45, 7) is -0.171. The highest BCUT2D eigenvalue weighted by molar-refractivity contribution is 7.99. The van der Waals surface area contributed by atoms with E-state index in [0.29, 0.717) is 15.6 Å². The van der Waals surface area contributed by atoms with Crippen molar-refractivity contribution < 1.29 is 9.50 Å². The van der Waals surface area contributed by atoms with E-state index < -0.39 is 0 Å². The summed E-state index contributed by atoms with van der Waals surface area (Å²) in [5.41, 5.74) is 1.27. The van der Waals surface area contributed by atoms with Crippen molar-refractivity contribution in [3.8, 4) is 0 Å². The zero-order chi connectivity index (χ0) is 13.2. The number of fused-ring (bicyclic) bond motifs is 1. The highest BCUT2D eigenvalue weighted by Crippen LogP contribution is 2.29. The van der Waals surface area contributed by atoms with Gasteiger partial charge in [0.05, 0.1) is 11.5 Å². The first-order valence-electron chi connectivity index (χ1n) is 5.65. The molecule has 4 nitrogen and oxygen atoms in total. The van der Waals surface area contributed by atoms with E-state index in [4.69, 9.17) is 5.11 Å². The van der Waals surface area contributed by atoms with E-state index in [2.05, 4.69) is 10.2 Å². The molecular weight excluding hydrogens is 265 g/mol. The molecule has 19 heavy (non-hydrogen) atoms. The summed E-state index contributed by atoms with van der Waals surface area (Å²) in [6, 6.07) is 10.2. The summed E-state index contributed by atoms with van der Waals surface area (Å²) in [6.07, 6.45) is 1.83. The van der Waals surface area contributed by atoms with Crippen LogP contribution in [0.1, 0.15) is 5.56 Å². The maximum atomic E-state index is 13.8. The van der Waals surface area contributed by atoms with Gasteiger partial charge < -0.3 is 5.11 Å². The Morgan fingerprint density at radius 2 is 2.11 bits per heavy atom. The summed E-state index contributed by atoms with van der Waals surface area (Å²) in [5, 5.41) is 17.6. The van der Waals surface area contributed by atoms with E-state index in [0.717, 1.165) is 5.65 Å². The Hall–Kier alpha value is -1.92. The topological polar surface area (TPSA) is 50.4 Å². The molecule has 6 heteroatoms. The third-order valence-corrected chi connectivity index (χ3v) is 3.67. The van der Waals surface area contributed by atoms with Gasteiger partial charge in [0.2, 0.25) is 5.16 Å². The Bertz CT molecular complexity index is 729. The molecule has 0 atom stereocenters. The van der Waals surface area contributed by atoms with Crippen LogP contribution in [0.15, 0.2) is 52.6 Å². The van der Waals surface area contributed by atoms with Gasteiger partial charge in [-0.3, -0.25) is 4.40 Å². The summed E-state index contributed by atoms with van der Waals surface area (Å²) >= 11 is 1.20. The fourth-order valence-corrected chi connectivity index (χ4v) is 2.54. The van der Waals surface area contributed by atoms with E-state index in [1.807, 2.05) is 24.4 Å². The molecule has 3 rings (SSSR count). The van der Waals surface area contributed by atoms with Gasteiger partial charge in [0.1, 0.15) is 5.82 Å². The zero-order valence-electron chi connectivity index (χ0n) is 9.82. The van der Waals surface area contributed by atoms with Crippen LogP contribution in [-0.2, 0) is 6.61 Å². The number of nitrogens with zero attached hydrogens (tertiary/aromatic N) is 3. The molecule has 0 fully saturated rings. The molecule has 0 saturated heterocycles. The third-order valence-electron chi connectivity index (χ3n) is 2.66. The lowest BCUT2D eigenvalue weighted by Crippen LogP contribution is -1.90. The van der Waals surface area contributed by atoms with Gasteiger partial charge >= 0.3 is 0 Å². The molecule has 2 heterocycles. The minimum atomic E-state index is -0.371. The molecule has 0 bridgehead atoms. The number of hydrogen-bond donors (Lipinski definition) is 1. The highest BCUT2D eigenvalue weighted by Gasteiger charge is 2.10. The number of aliphatic hydroxyl groups excluding tert-OH is 1. The van der Waals surface area contributed by atoms with Crippen LogP contribution in [0.2, 0.25) is 0 Å². The van der Waals surface area contributed by atoms with Crippen LogP contribution >= 0.6 is 11.8 Å². The second kappa shape index (κ2) is 4.99. The fourth-order valence-electron chi connectivity index (χ4n) is 1.71. The first kappa shape index (κ1) is 12.1. The molecule has 0 spiro atoms. The number of hydrogen-bond acceptors (Lipinski definition) is 4. The van der Waals surface area contributed by atoms with Crippen LogP contribution < -0.4 is 0 Å². The molecular formula is C13H10FN3OS. The van der Waals surface area contributed by atoms with Crippen molar-refractivity contribution in [2.24, 2.45) is 0 Å². The molecule has 0 saturated carbocycles. The maximum Gasteiger partial charge on any atom is 0.200 e. The monoisotopic (exact) mass is 275 g/mol. The van der Waals surface area contributed by atoms with E-state index in [9.17, 15) is 4.39 Å². The molecule has 0 amide bonds. The molecule has 1 aromatic carbocycles. The van der Waals surface area contributed by atoms with Gasteiger partial charge in [0.15, 0.2) is 5.65 Å². The van der Waals surface area contributed by atoms with Gasteiger partial charge in [-0.15, -0.1) is 10.2 Å². The quantitative estimate of drug-likeness (QED) is 0.798. The zero-order valence-corrected chi connectivity index (χ0v) is 10.6. The molecule has 0 unspecified atom stereocenters. The van der Waals surface area contributed by atoms with Crippen LogP contribution in [0.4, 0.5) is 4.39 Å². The number of benzene rings is 1. The SMILES string of the molecule is OCc1ccc(Sc2nnc3ccccn23)c(F)c1. The Labute approximate surface area is 112 Å². The molecule has 2 aromatic heterocycles. The van der Waals surface area contributed by atoms with Crippen LogP contribution in [-0.4, -0.2) is 19.7 Å². The second-order valence-corrected chi connectivity index (χ2v) is 4.95. The standard InChI is InChI=1S/C13H10FN3OS/c14-10-7-9(8-18)4-5-11(10)19-13-16-15-12-3-1-2-6-17(12)13/h1-7,18H,8H2. The van der Waals surface area contributed by atoms with Crippen LogP contribution in [0.3, 0.4) is 0 Å². The molecule has 96 valence electrons. The van der Waals surface area contributed by atoms with Crippen molar-refractivity contribution in [3.63, 3.8) is 0 Å². The van der Waals surface area contributed by atoms with Crippen LogP contribution in [0.5, 0.6) is 0 Å². The largest absolute Gasteiger partial charge is 0.392 e. The lowest BCUT2D eigenvalue weighted by molar-refractivity contribution is 0.281. The van der Waals surface area contributed by atoms with Gasteiger partial charge in [0, 0.05) is 6.20 Å². The Kier molecular flexibility index (Phi) is 3.18. The van der Waals surface area contributed by atoms with Crippen LogP contribution in [0, 0.1) is 5.82 Å². The average Bonchev–Trinajstić information content (AvgIpc) is 2.84. The van der Waals surface area contributed by atoms with Crippen molar-refractivity contribution in [1.82, 2.24) is 14.6 Å².